The van der Waals surface area contributed by atoms with Crippen molar-refractivity contribution in [3.8, 4) is 16.9 Å². The number of rotatable bonds is 9. The van der Waals surface area contributed by atoms with E-state index in [2.05, 4.69) is 0 Å². The molecule has 5 nitrogen and oxygen atoms in total. The lowest BCUT2D eigenvalue weighted by molar-refractivity contribution is -0.127. The first-order chi connectivity index (χ1) is 13.9. The third-order valence-electron chi connectivity index (χ3n) is 5.79. The van der Waals surface area contributed by atoms with Crippen molar-refractivity contribution in [2.24, 2.45) is 5.92 Å². The topological polar surface area (TPSA) is 80.7 Å². The first kappa shape index (κ1) is 24.0. The monoisotopic (exact) mass is 436 g/mol. The van der Waals surface area contributed by atoms with Gasteiger partial charge in [0.15, 0.2) is 15.6 Å². The van der Waals surface area contributed by atoms with E-state index >= 15 is 0 Å². The lowest BCUT2D eigenvalue weighted by atomic mass is 9.87. The van der Waals surface area contributed by atoms with E-state index in [0.717, 1.165) is 22.9 Å². The maximum Gasteiger partial charge on any atom is 0.159 e. The third-order valence-corrected chi connectivity index (χ3v) is 7.83. The Morgan fingerprint density at radius 3 is 2.27 bits per heavy atom. The molecule has 0 bridgehead atoms. The number of halogens is 1. The quantitative estimate of drug-likeness (QED) is 0.646. The summed E-state index contributed by atoms with van der Waals surface area (Å²) in [7, 11) is -2.18. The summed E-state index contributed by atoms with van der Waals surface area (Å²) in [6.45, 7) is 4.44. The van der Waals surface area contributed by atoms with Gasteiger partial charge in [-0.2, -0.15) is 0 Å². The zero-order valence-corrected chi connectivity index (χ0v) is 18.8. The average molecular weight is 437 g/mol. The Hall–Kier alpha value is -2.25. The maximum atomic E-state index is 13.2. The van der Waals surface area contributed by atoms with Crippen molar-refractivity contribution in [3.05, 3.63) is 53.8 Å². The number of aryl methyl sites for hydroxylation is 1. The normalized spacial score (nSPS) is 15.8. The third kappa shape index (κ3) is 5.08. The van der Waals surface area contributed by atoms with E-state index in [0.29, 0.717) is 12.2 Å². The molecule has 2 rings (SSSR count). The average Bonchev–Trinajstić information content (AvgIpc) is 2.70. The molecule has 3 unspecified atom stereocenters. The van der Waals surface area contributed by atoms with Gasteiger partial charge in [-0.15, -0.1) is 0 Å². The fraction of sp³-hybridized carbons (Fsp3) is 0.435. The van der Waals surface area contributed by atoms with Gasteiger partial charge in [0.25, 0.3) is 0 Å². The number of ketones is 1. The Morgan fingerprint density at radius 1 is 1.17 bits per heavy atom. The van der Waals surface area contributed by atoms with Crippen LogP contribution in [-0.4, -0.2) is 43.5 Å². The van der Waals surface area contributed by atoms with Crippen molar-refractivity contribution < 1.29 is 27.4 Å². The maximum absolute atomic E-state index is 13.2. The first-order valence-corrected chi connectivity index (χ1v) is 11.6. The molecule has 0 fully saturated rings. The van der Waals surface area contributed by atoms with Crippen molar-refractivity contribution in [2.75, 3.05) is 13.4 Å². The van der Waals surface area contributed by atoms with Gasteiger partial charge in [0, 0.05) is 17.7 Å². The molecule has 0 saturated carbocycles. The molecule has 0 aliphatic rings. The Bertz CT molecular complexity index is 999. The number of aliphatic hydroxyl groups is 1. The van der Waals surface area contributed by atoms with Crippen molar-refractivity contribution in [2.45, 2.75) is 44.5 Å². The van der Waals surface area contributed by atoms with Crippen LogP contribution in [0.3, 0.4) is 0 Å². The summed E-state index contributed by atoms with van der Waals surface area (Å²) in [6.07, 6.45) is 0.536. The van der Waals surface area contributed by atoms with E-state index in [-0.39, 0.29) is 12.2 Å². The summed E-state index contributed by atoms with van der Waals surface area (Å²) in [5.74, 6) is -1.04. The second kappa shape index (κ2) is 9.27. The summed E-state index contributed by atoms with van der Waals surface area (Å²) >= 11 is 0. The minimum absolute atomic E-state index is 0.0841. The largest absolute Gasteiger partial charge is 0.496 e. The van der Waals surface area contributed by atoms with Crippen LogP contribution in [0.15, 0.2) is 42.5 Å². The molecule has 0 aliphatic heterocycles. The van der Waals surface area contributed by atoms with Crippen LogP contribution < -0.4 is 4.74 Å². The molecule has 30 heavy (non-hydrogen) atoms. The lowest BCUT2D eigenvalue weighted by Crippen LogP contribution is -2.48. The highest BCUT2D eigenvalue weighted by Crippen LogP contribution is 2.33. The lowest BCUT2D eigenvalue weighted by Gasteiger charge is -2.30. The van der Waals surface area contributed by atoms with Crippen LogP contribution in [0, 0.1) is 11.7 Å². The van der Waals surface area contributed by atoms with Crippen LogP contribution in [-0.2, 0) is 21.1 Å². The predicted octanol–water partition coefficient (Wildman–Crippen LogP) is 3.82. The molecule has 1 N–H and O–H groups in total. The summed E-state index contributed by atoms with van der Waals surface area (Å²) in [6, 6.07) is 11.5. The van der Waals surface area contributed by atoms with Crippen molar-refractivity contribution >= 4 is 15.6 Å². The van der Waals surface area contributed by atoms with Crippen molar-refractivity contribution in [3.63, 3.8) is 0 Å². The number of ether oxygens (including phenoxy) is 1. The van der Waals surface area contributed by atoms with Crippen LogP contribution in [0.25, 0.3) is 11.1 Å². The number of methoxy groups -OCH3 is 1. The van der Waals surface area contributed by atoms with E-state index in [9.17, 15) is 22.7 Å². The number of sulfone groups is 1. The van der Waals surface area contributed by atoms with E-state index < -0.39 is 32.4 Å². The minimum atomic E-state index is -3.71. The van der Waals surface area contributed by atoms with Gasteiger partial charge in [-0.3, -0.25) is 4.79 Å². The Labute approximate surface area is 177 Å². The highest BCUT2D eigenvalue weighted by molar-refractivity contribution is 7.92. The Balaban J connectivity index is 2.32. The molecule has 0 aliphatic carbocycles. The van der Waals surface area contributed by atoms with E-state index in [1.807, 2.05) is 12.1 Å². The van der Waals surface area contributed by atoms with E-state index in [4.69, 9.17) is 4.74 Å². The molecule has 7 heteroatoms. The fourth-order valence-corrected chi connectivity index (χ4v) is 4.36. The molecule has 0 amide bonds. The van der Waals surface area contributed by atoms with Crippen LogP contribution in [0.2, 0.25) is 0 Å². The molecular formula is C23H29FO5S. The second-order valence-corrected chi connectivity index (χ2v) is 10.4. The molecule has 0 saturated heterocycles. The number of carbonyl (C=O) groups is 1. The first-order valence-electron chi connectivity index (χ1n) is 9.75. The molecule has 0 spiro atoms. The van der Waals surface area contributed by atoms with Gasteiger partial charge in [0.05, 0.1) is 13.2 Å². The van der Waals surface area contributed by atoms with Gasteiger partial charge in [-0.05, 0) is 56.0 Å². The molecule has 0 heterocycles. The number of carbonyl (C=O) groups excluding carboxylic acids is 1. The highest BCUT2D eigenvalue weighted by Gasteiger charge is 2.45. The number of hydrogen-bond acceptors (Lipinski definition) is 5. The molecule has 2 aromatic carbocycles. The molecular weight excluding hydrogens is 407 g/mol. The van der Waals surface area contributed by atoms with E-state index in [1.165, 1.54) is 40.0 Å². The fourth-order valence-electron chi connectivity index (χ4n) is 3.33. The van der Waals surface area contributed by atoms with Crippen LogP contribution in [0.5, 0.6) is 5.75 Å². The molecule has 0 aromatic heterocycles. The van der Waals surface area contributed by atoms with Gasteiger partial charge < -0.3 is 9.84 Å². The Morgan fingerprint density at radius 2 is 1.77 bits per heavy atom. The van der Waals surface area contributed by atoms with Crippen LogP contribution in [0.1, 0.15) is 32.8 Å². The number of benzene rings is 2. The second-order valence-electron chi connectivity index (χ2n) is 7.94. The smallest absolute Gasteiger partial charge is 0.159 e. The van der Waals surface area contributed by atoms with Crippen molar-refractivity contribution in [1.82, 2.24) is 0 Å². The molecule has 3 atom stereocenters. The van der Waals surface area contributed by atoms with Gasteiger partial charge >= 0.3 is 0 Å². The standard InChI is InChI=1S/C23H29FO5S/c1-15(16(2)25)22(26)23(3,30(5,27)28)13-12-17-6-11-20(21(14-17)29-4)18-7-9-19(24)10-8-18/h6-11,14-16,25H,12-13H2,1-5H3. The molecule has 164 valence electrons. The van der Waals surface area contributed by atoms with Crippen molar-refractivity contribution in [1.29, 1.82) is 0 Å². The number of hydrogen-bond donors (Lipinski definition) is 1. The summed E-state index contributed by atoms with van der Waals surface area (Å²) in [5, 5.41) is 9.77. The Kier molecular flexibility index (Phi) is 7.42. The minimum Gasteiger partial charge on any atom is -0.496 e. The van der Waals surface area contributed by atoms with Crippen LogP contribution in [0.4, 0.5) is 4.39 Å². The highest BCUT2D eigenvalue weighted by atomic mass is 32.2. The molecule has 0 radical (unpaired) electrons. The van der Waals surface area contributed by atoms with Gasteiger partial charge in [-0.1, -0.05) is 31.2 Å². The number of Topliss-reactive ketones (excluding diaryl/α,β-unsaturated/α-hetero) is 1. The van der Waals surface area contributed by atoms with Crippen LogP contribution >= 0.6 is 0 Å². The van der Waals surface area contributed by atoms with Gasteiger partial charge in [0.1, 0.15) is 16.3 Å². The zero-order valence-electron chi connectivity index (χ0n) is 18.0. The van der Waals surface area contributed by atoms with E-state index in [1.54, 1.807) is 18.2 Å². The molecule has 2 aromatic rings. The summed E-state index contributed by atoms with van der Waals surface area (Å²) in [4.78, 5) is 12.9. The SMILES string of the molecule is COc1cc(CCC(C)(C(=O)C(C)C(C)O)S(C)(=O)=O)ccc1-c1ccc(F)cc1. The van der Waals surface area contributed by atoms with Gasteiger partial charge in [-0.25, -0.2) is 12.8 Å². The predicted molar refractivity (Wildman–Crippen MR) is 116 cm³/mol. The zero-order chi connectivity index (χ0) is 22.7. The van der Waals surface area contributed by atoms with Gasteiger partial charge in [0.2, 0.25) is 0 Å². The number of aliphatic hydroxyl groups excluding tert-OH is 1. The summed E-state index contributed by atoms with van der Waals surface area (Å²) in [5.41, 5.74) is 2.39. The summed E-state index contributed by atoms with van der Waals surface area (Å²) < 4.78 is 42.0.